The number of benzene rings is 2. The Morgan fingerprint density at radius 1 is 1.04 bits per heavy atom. The molecule has 2 aromatic rings. The van der Waals surface area contributed by atoms with E-state index in [2.05, 4.69) is 5.32 Å². The Morgan fingerprint density at radius 2 is 1.75 bits per heavy atom. The van der Waals surface area contributed by atoms with Crippen LogP contribution in [-0.4, -0.2) is 12.5 Å². The van der Waals surface area contributed by atoms with Gasteiger partial charge in [-0.3, -0.25) is 4.79 Å². The maximum Gasteiger partial charge on any atom is 0.416 e. The summed E-state index contributed by atoms with van der Waals surface area (Å²) >= 11 is 17.4. The summed E-state index contributed by atoms with van der Waals surface area (Å²) in [6.07, 6.45) is -4.54. The van der Waals surface area contributed by atoms with Crippen LogP contribution in [0.15, 0.2) is 36.4 Å². The second-order valence-electron chi connectivity index (χ2n) is 4.60. The molecule has 3 nitrogen and oxygen atoms in total. The number of amides is 1. The van der Waals surface area contributed by atoms with Crippen LogP contribution < -0.4 is 10.1 Å². The summed E-state index contributed by atoms with van der Waals surface area (Å²) in [7, 11) is 0. The van der Waals surface area contributed by atoms with Gasteiger partial charge < -0.3 is 10.1 Å². The van der Waals surface area contributed by atoms with Gasteiger partial charge in [-0.2, -0.15) is 13.2 Å². The number of hydrogen-bond donors (Lipinski definition) is 1. The minimum atomic E-state index is -4.54. The molecule has 128 valence electrons. The average molecular weight is 399 g/mol. The van der Waals surface area contributed by atoms with Crippen LogP contribution in [0.25, 0.3) is 0 Å². The molecule has 0 atom stereocenters. The summed E-state index contributed by atoms with van der Waals surface area (Å²) in [5, 5.41) is 2.83. The van der Waals surface area contributed by atoms with E-state index in [1.54, 1.807) is 0 Å². The predicted molar refractivity (Wildman–Crippen MR) is 87.0 cm³/mol. The van der Waals surface area contributed by atoms with Crippen LogP contribution in [-0.2, 0) is 11.0 Å². The molecule has 2 rings (SSSR count). The number of ether oxygens (including phenoxy) is 1. The molecule has 0 unspecified atom stereocenters. The molecule has 0 aliphatic rings. The number of halogens is 6. The number of rotatable bonds is 4. The van der Waals surface area contributed by atoms with Crippen LogP contribution in [0.1, 0.15) is 5.56 Å². The van der Waals surface area contributed by atoms with Crippen molar-refractivity contribution in [3.05, 3.63) is 57.0 Å². The molecule has 0 radical (unpaired) electrons. The van der Waals surface area contributed by atoms with Crippen molar-refractivity contribution in [2.75, 3.05) is 11.9 Å². The van der Waals surface area contributed by atoms with Crippen molar-refractivity contribution in [3.63, 3.8) is 0 Å². The minimum Gasteiger partial charge on any atom is -0.482 e. The van der Waals surface area contributed by atoms with E-state index in [-0.39, 0.29) is 21.5 Å². The van der Waals surface area contributed by atoms with Gasteiger partial charge in [-0.05, 0) is 36.4 Å². The van der Waals surface area contributed by atoms with E-state index in [9.17, 15) is 18.0 Å². The first kappa shape index (κ1) is 18.7. The molecule has 24 heavy (non-hydrogen) atoms. The summed E-state index contributed by atoms with van der Waals surface area (Å²) in [5.41, 5.74) is -1.09. The first-order valence-electron chi connectivity index (χ1n) is 6.41. The van der Waals surface area contributed by atoms with Crippen LogP contribution in [0.2, 0.25) is 15.1 Å². The Hall–Kier alpha value is -1.63. The van der Waals surface area contributed by atoms with Gasteiger partial charge in [0.05, 0.1) is 21.3 Å². The van der Waals surface area contributed by atoms with E-state index in [0.717, 1.165) is 18.2 Å². The molecule has 0 aliphatic heterocycles. The highest BCUT2D eigenvalue weighted by Crippen LogP contribution is 2.34. The second kappa shape index (κ2) is 7.51. The molecule has 0 saturated heterocycles. The fourth-order valence-electron chi connectivity index (χ4n) is 1.72. The SMILES string of the molecule is O=C(COc1ccc(Cl)cc1Cl)Nc1cc(C(F)(F)F)ccc1Cl. The van der Waals surface area contributed by atoms with Gasteiger partial charge in [0, 0.05) is 5.02 Å². The maximum atomic E-state index is 12.7. The zero-order valence-electron chi connectivity index (χ0n) is 11.8. The molecule has 0 fully saturated rings. The van der Waals surface area contributed by atoms with Crippen molar-refractivity contribution >= 4 is 46.4 Å². The monoisotopic (exact) mass is 397 g/mol. The minimum absolute atomic E-state index is 0.0270. The van der Waals surface area contributed by atoms with E-state index in [1.165, 1.54) is 18.2 Å². The fraction of sp³-hybridized carbons (Fsp3) is 0.133. The molecule has 0 bridgehead atoms. The van der Waals surface area contributed by atoms with Crippen LogP contribution in [0.3, 0.4) is 0 Å². The third-order valence-electron chi connectivity index (χ3n) is 2.82. The Kier molecular flexibility index (Phi) is 5.85. The van der Waals surface area contributed by atoms with E-state index < -0.39 is 24.3 Å². The second-order valence-corrected chi connectivity index (χ2v) is 5.85. The number of hydrogen-bond acceptors (Lipinski definition) is 2. The molecule has 0 spiro atoms. The number of alkyl halides is 3. The smallest absolute Gasteiger partial charge is 0.416 e. The lowest BCUT2D eigenvalue weighted by Gasteiger charge is -2.12. The first-order chi connectivity index (χ1) is 11.2. The van der Waals surface area contributed by atoms with E-state index in [0.29, 0.717) is 5.02 Å². The van der Waals surface area contributed by atoms with E-state index in [4.69, 9.17) is 39.5 Å². The maximum absolute atomic E-state index is 12.7. The number of anilines is 1. The molecular weight excluding hydrogens is 390 g/mol. The molecular formula is C15H9Cl3F3NO2. The van der Waals surface area contributed by atoms with Gasteiger partial charge in [0.25, 0.3) is 5.91 Å². The van der Waals surface area contributed by atoms with Gasteiger partial charge in [0.2, 0.25) is 0 Å². The van der Waals surface area contributed by atoms with Gasteiger partial charge in [0.15, 0.2) is 6.61 Å². The Labute approximate surface area is 150 Å². The highest BCUT2D eigenvalue weighted by atomic mass is 35.5. The lowest BCUT2D eigenvalue weighted by molar-refractivity contribution is -0.137. The predicted octanol–water partition coefficient (Wildman–Crippen LogP) is 5.68. The number of carbonyl (C=O) groups is 1. The molecule has 9 heteroatoms. The lowest BCUT2D eigenvalue weighted by Crippen LogP contribution is -2.21. The molecule has 2 aromatic carbocycles. The van der Waals surface area contributed by atoms with Crippen LogP contribution in [0.5, 0.6) is 5.75 Å². The van der Waals surface area contributed by atoms with Crippen LogP contribution >= 0.6 is 34.8 Å². The molecule has 1 amide bonds. The molecule has 0 aromatic heterocycles. The quantitative estimate of drug-likeness (QED) is 0.719. The Bertz CT molecular complexity index is 766. The summed E-state index contributed by atoms with van der Waals surface area (Å²) in [6, 6.07) is 7.04. The van der Waals surface area contributed by atoms with Gasteiger partial charge in [-0.25, -0.2) is 0 Å². The topological polar surface area (TPSA) is 38.3 Å². The summed E-state index contributed by atoms with van der Waals surface area (Å²) in [5.74, 6) is -0.478. The number of nitrogens with one attached hydrogen (secondary N) is 1. The van der Waals surface area contributed by atoms with Crippen molar-refractivity contribution in [2.45, 2.75) is 6.18 Å². The normalized spacial score (nSPS) is 11.2. The van der Waals surface area contributed by atoms with Gasteiger partial charge in [-0.15, -0.1) is 0 Å². The van der Waals surface area contributed by atoms with Crippen LogP contribution in [0.4, 0.5) is 18.9 Å². The highest BCUT2D eigenvalue weighted by molar-refractivity contribution is 6.35. The third kappa shape index (κ3) is 4.93. The summed E-state index contributed by atoms with van der Waals surface area (Å²) in [6.45, 7) is -0.464. The van der Waals surface area contributed by atoms with Gasteiger partial charge >= 0.3 is 6.18 Å². The molecule has 0 aliphatic carbocycles. The zero-order chi connectivity index (χ0) is 17.9. The van der Waals surface area contributed by atoms with Crippen molar-refractivity contribution in [1.82, 2.24) is 0 Å². The van der Waals surface area contributed by atoms with E-state index >= 15 is 0 Å². The zero-order valence-corrected chi connectivity index (χ0v) is 14.0. The first-order valence-corrected chi connectivity index (χ1v) is 7.54. The van der Waals surface area contributed by atoms with Crippen molar-refractivity contribution in [2.24, 2.45) is 0 Å². The van der Waals surface area contributed by atoms with Crippen molar-refractivity contribution in [3.8, 4) is 5.75 Å². The molecule has 0 saturated carbocycles. The number of carbonyl (C=O) groups excluding carboxylic acids is 1. The fourth-order valence-corrected chi connectivity index (χ4v) is 2.35. The van der Waals surface area contributed by atoms with E-state index in [1.807, 2.05) is 0 Å². The Balaban J connectivity index is 2.04. The summed E-state index contributed by atoms with van der Waals surface area (Å²) < 4.78 is 43.2. The van der Waals surface area contributed by atoms with Gasteiger partial charge in [0.1, 0.15) is 5.75 Å². The molecule has 0 heterocycles. The highest BCUT2D eigenvalue weighted by Gasteiger charge is 2.31. The van der Waals surface area contributed by atoms with Crippen molar-refractivity contribution in [1.29, 1.82) is 0 Å². The lowest BCUT2D eigenvalue weighted by atomic mass is 10.2. The molecule has 1 N–H and O–H groups in total. The third-order valence-corrected chi connectivity index (χ3v) is 3.68. The largest absolute Gasteiger partial charge is 0.482 e. The van der Waals surface area contributed by atoms with Crippen LogP contribution in [0, 0.1) is 0 Å². The average Bonchev–Trinajstić information content (AvgIpc) is 2.47. The standard InChI is InChI=1S/C15H9Cl3F3NO2/c16-9-2-4-13(11(18)6-9)24-7-14(23)22-12-5-8(15(19,20)21)1-3-10(12)17/h1-6H,7H2,(H,22,23). The Morgan fingerprint density at radius 3 is 2.38 bits per heavy atom. The van der Waals surface area contributed by atoms with Gasteiger partial charge in [-0.1, -0.05) is 34.8 Å². The van der Waals surface area contributed by atoms with Crippen molar-refractivity contribution < 1.29 is 22.7 Å². The summed E-state index contributed by atoms with van der Waals surface area (Å²) in [4.78, 5) is 11.8.